The van der Waals surface area contributed by atoms with Crippen LogP contribution in [-0.4, -0.2) is 38.1 Å². The van der Waals surface area contributed by atoms with Gasteiger partial charge in [-0.1, -0.05) is 13.3 Å². The van der Waals surface area contributed by atoms with E-state index >= 15 is 0 Å². The Hall–Kier alpha value is -0.940. The van der Waals surface area contributed by atoms with Crippen LogP contribution in [0.5, 0.6) is 0 Å². The summed E-state index contributed by atoms with van der Waals surface area (Å²) in [4.78, 5) is 4.01. The average molecular weight is 266 g/mol. The maximum absolute atomic E-state index is 10.6. The van der Waals surface area contributed by atoms with Gasteiger partial charge in [0.15, 0.2) is 0 Å². The number of rotatable bonds is 5. The molecule has 1 aromatic heterocycles. The number of hydrogen-bond donors (Lipinski definition) is 2. The van der Waals surface area contributed by atoms with Crippen LogP contribution in [0.4, 0.5) is 0 Å². The lowest BCUT2D eigenvalue weighted by molar-refractivity contribution is 0.00426. The van der Waals surface area contributed by atoms with Crippen molar-refractivity contribution in [3.63, 3.8) is 0 Å². The minimum Gasteiger partial charge on any atom is -0.388 e. The van der Waals surface area contributed by atoms with Crippen molar-refractivity contribution < 1.29 is 5.11 Å². The molecule has 1 aliphatic rings. The molecular formula is C14H26N4O. The Morgan fingerprint density at radius 2 is 2.32 bits per heavy atom. The third-order valence-electron chi connectivity index (χ3n) is 4.95. The first-order valence-corrected chi connectivity index (χ1v) is 7.17. The van der Waals surface area contributed by atoms with Gasteiger partial charge >= 0.3 is 0 Å². The molecule has 3 atom stereocenters. The molecule has 5 nitrogen and oxygen atoms in total. The molecule has 0 aliphatic heterocycles. The van der Waals surface area contributed by atoms with Crippen LogP contribution in [0.15, 0.2) is 12.7 Å². The summed E-state index contributed by atoms with van der Waals surface area (Å²) >= 11 is 0. The number of hydrogen-bond acceptors (Lipinski definition) is 4. The molecule has 0 bridgehead atoms. The van der Waals surface area contributed by atoms with Crippen LogP contribution in [0.2, 0.25) is 0 Å². The number of nitrogens with zero attached hydrogens (tertiary/aromatic N) is 3. The van der Waals surface area contributed by atoms with Crippen LogP contribution < -0.4 is 5.32 Å². The first-order valence-electron chi connectivity index (χ1n) is 7.17. The van der Waals surface area contributed by atoms with Crippen molar-refractivity contribution in [1.29, 1.82) is 0 Å². The monoisotopic (exact) mass is 266 g/mol. The van der Waals surface area contributed by atoms with E-state index in [0.29, 0.717) is 12.5 Å². The second kappa shape index (κ2) is 5.21. The minimum atomic E-state index is -0.549. The highest BCUT2D eigenvalue weighted by molar-refractivity contribution is 4.94. The second-order valence-electron chi connectivity index (χ2n) is 6.49. The fourth-order valence-electron chi connectivity index (χ4n) is 2.78. The quantitative estimate of drug-likeness (QED) is 0.848. The van der Waals surface area contributed by atoms with Crippen molar-refractivity contribution in [2.24, 2.45) is 5.92 Å². The zero-order valence-electron chi connectivity index (χ0n) is 12.4. The fourth-order valence-corrected chi connectivity index (χ4v) is 2.78. The van der Waals surface area contributed by atoms with Gasteiger partial charge in [0.2, 0.25) is 0 Å². The zero-order valence-corrected chi connectivity index (χ0v) is 12.4. The Balaban J connectivity index is 1.96. The van der Waals surface area contributed by atoms with Gasteiger partial charge in [0, 0.05) is 12.6 Å². The lowest BCUT2D eigenvalue weighted by atomic mass is 9.90. The number of aliphatic hydroxyl groups is 1. The molecule has 2 N–H and O–H groups in total. The van der Waals surface area contributed by atoms with E-state index in [2.05, 4.69) is 43.1 Å². The molecule has 5 heteroatoms. The summed E-state index contributed by atoms with van der Waals surface area (Å²) in [6, 6.07) is 0.200. The van der Waals surface area contributed by atoms with Crippen LogP contribution in [-0.2, 0) is 5.54 Å². The van der Waals surface area contributed by atoms with Crippen LogP contribution >= 0.6 is 0 Å². The normalized spacial score (nSPS) is 29.6. The van der Waals surface area contributed by atoms with Gasteiger partial charge in [-0.25, -0.2) is 9.67 Å². The van der Waals surface area contributed by atoms with E-state index in [9.17, 15) is 5.11 Å². The summed E-state index contributed by atoms with van der Waals surface area (Å²) in [6.45, 7) is 9.17. The molecule has 0 amide bonds. The number of aromatic nitrogens is 3. The molecule has 19 heavy (non-hydrogen) atoms. The van der Waals surface area contributed by atoms with Crippen LogP contribution in [0, 0.1) is 5.92 Å². The van der Waals surface area contributed by atoms with Gasteiger partial charge in [0.05, 0.1) is 11.1 Å². The highest BCUT2D eigenvalue weighted by atomic mass is 16.3. The average Bonchev–Trinajstić information content (AvgIpc) is 2.98. The lowest BCUT2D eigenvalue weighted by Gasteiger charge is -2.36. The van der Waals surface area contributed by atoms with Crippen molar-refractivity contribution in [2.45, 2.75) is 64.1 Å². The molecule has 108 valence electrons. The van der Waals surface area contributed by atoms with E-state index in [1.165, 1.54) is 0 Å². The minimum absolute atomic E-state index is 0.172. The van der Waals surface area contributed by atoms with Gasteiger partial charge in [0.1, 0.15) is 12.7 Å². The summed E-state index contributed by atoms with van der Waals surface area (Å²) in [7, 11) is 0. The van der Waals surface area contributed by atoms with E-state index in [-0.39, 0.29) is 11.6 Å². The summed E-state index contributed by atoms with van der Waals surface area (Å²) in [5, 5.41) is 18.3. The standard InChI is InChI=1S/C14H26N4O/c1-11-6-5-7-14(11,19)8-16-12(2)13(3,4)18-10-15-9-17-18/h9-12,16,19H,5-8H2,1-4H3. The van der Waals surface area contributed by atoms with Gasteiger partial charge in [0.25, 0.3) is 0 Å². The molecule has 1 fully saturated rings. The zero-order chi connectivity index (χ0) is 14.1. The van der Waals surface area contributed by atoms with Crippen LogP contribution in [0.25, 0.3) is 0 Å². The topological polar surface area (TPSA) is 63.0 Å². The molecule has 0 spiro atoms. The Morgan fingerprint density at radius 3 is 2.84 bits per heavy atom. The predicted octanol–water partition coefficient (Wildman–Crippen LogP) is 1.54. The van der Waals surface area contributed by atoms with Gasteiger partial charge in [-0.2, -0.15) is 5.10 Å². The Labute approximate surface area is 115 Å². The lowest BCUT2D eigenvalue weighted by Crippen LogP contribution is -2.52. The van der Waals surface area contributed by atoms with Crippen LogP contribution in [0.3, 0.4) is 0 Å². The Morgan fingerprint density at radius 1 is 1.58 bits per heavy atom. The van der Waals surface area contributed by atoms with E-state index in [0.717, 1.165) is 19.3 Å². The van der Waals surface area contributed by atoms with Crippen molar-refractivity contribution in [1.82, 2.24) is 20.1 Å². The van der Waals surface area contributed by atoms with Gasteiger partial charge in [-0.3, -0.25) is 0 Å². The van der Waals surface area contributed by atoms with E-state index in [1.54, 1.807) is 12.7 Å². The summed E-state index contributed by atoms with van der Waals surface area (Å²) in [6.07, 6.45) is 6.45. The molecule has 1 aromatic rings. The highest BCUT2D eigenvalue weighted by Crippen LogP contribution is 2.35. The van der Waals surface area contributed by atoms with Crippen molar-refractivity contribution in [3.05, 3.63) is 12.7 Å². The molecule has 2 rings (SSSR count). The Bertz CT molecular complexity index is 404. The third kappa shape index (κ3) is 2.82. The SMILES string of the molecule is CC1CCCC1(O)CNC(C)C(C)(C)n1cncn1. The van der Waals surface area contributed by atoms with Crippen LogP contribution in [0.1, 0.15) is 47.0 Å². The molecular weight excluding hydrogens is 240 g/mol. The van der Waals surface area contributed by atoms with Gasteiger partial charge in [-0.15, -0.1) is 0 Å². The molecule has 3 unspecified atom stereocenters. The van der Waals surface area contributed by atoms with Gasteiger partial charge in [-0.05, 0) is 39.5 Å². The number of nitrogens with one attached hydrogen (secondary N) is 1. The molecule has 1 aliphatic carbocycles. The molecule has 1 saturated carbocycles. The van der Waals surface area contributed by atoms with Crippen molar-refractivity contribution in [2.75, 3.05) is 6.54 Å². The molecule has 0 aromatic carbocycles. The van der Waals surface area contributed by atoms with Gasteiger partial charge < -0.3 is 10.4 Å². The maximum atomic E-state index is 10.6. The first kappa shape index (κ1) is 14.5. The second-order valence-corrected chi connectivity index (χ2v) is 6.49. The Kier molecular flexibility index (Phi) is 3.97. The summed E-state index contributed by atoms with van der Waals surface area (Å²) < 4.78 is 1.87. The predicted molar refractivity (Wildman–Crippen MR) is 74.8 cm³/mol. The van der Waals surface area contributed by atoms with E-state index < -0.39 is 5.60 Å². The first-order chi connectivity index (χ1) is 8.86. The molecule has 1 heterocycles. The third-order valence-corrected chi connectivity index (χ3v) is 4.95. The summed E-state index contributed by atoms with van der Waals surface area (Å²) in [5.41, 5.74) is -0.721. The van der Waals surface area contributed by atoms with Crippen molar-refractivity contribution in [3.8, 4) is 0 Å². The molecule has 0 saturated heterocycles. The fraction of sp³-hybridized carbons (Fsp3) is 0.857. The summed E-state index contributed by atoms with van der Waals surface area (Å²) in [5.74, 6) is 0.377. The maximum Gasteiger partial charge on any atom is 0.137 e. The van der Waals surface area contributed by atoms with Crippen molar-refractivity contribution >= 4 is 0 Å². The van der Waals surface area contributed by atoms with E-state index in [4.69, 9.17) is 0 Å². The largest absolute Gasteiger partial charge is 0.388 e. The molecule has 0 radical (unpaired) electrons. The smallest absolute Gasteiger partial charge is 0.137 e. The van der Waals surface area contributed by atoms with E-state index in [1.807, 2.05) is 4.68 Å². The highest BCUT2D eigenvalue weighted by Gasteiger charge is 2.39.